The van der Waals surface area contributed by atoms with Gasteiger partial charge in [0.25, 0.3) is 0 Å². The lowest BCUT2D eigenvalue weighted by atomic mass is 9.85. The quantitative estimate of drug-likeness (QED) is 0.304. The van der Waals surface area contributed by atoms with Crippen molar-refractivity contribution in [3.63, 3.8) is 0 Å². The molecule has 8 heteroatoms. The van der Waals surface area contributed by atoms with Gasteiger partial charge in [0.2, 0.25) is 0 Å². The van der Waals surface area contributed by atoms with Gasteiger partial charge in [0.05, 0.1) is 14.5 Å². The number of carbonyl (C=O) groups is 3. The molecule has 0 aliphatic carbocycles. The third-order valence-electron chi connectivity index (χ3n) is 4.95. The van der Waals surface area contributed by atoms with Gasteiger partial charge in [-0.25, -0.2) is 13.6 Å². The summed E-state index contributed by atoms with van der Waals surface area (Å²) < 4.78 is 27.4. The molecule has 0 aromatic heterocycles. The van der Waals surface area contributed by atoms with Crippen molar-refractivity contribution >= 4 is 49.4 Å². The Morgan fingerprint density at radius 1 is 0.750 bits per heavy atom. The Morgan fingerprint density at radius 3 is 1.69 bits per heavy atom. The summed E-state index contributed by atoms with van der Waals surface area (Å²) in [7, 11) is 0. The van der Waals surface area contributed by atoms with Gasteiger partial charge < -0.3 is 5.11 Å². The van der Waals surface area contributed by atoms with Gasteiger partial charge in [-0.3, -0.25) is 9.59 Å². The second-order valence-electron chi connectivity index (χ2n) is 7.14. The Kier molecular flexibility index (Phi) is 7.69. The molecule has 0 heterocycles. The van der Waals surface area contributed by atoms with E-state index in [0.29, 0.717) is 5.56 Å². The molecule has 3 rings (SSSR count). The van der Waals surface area contributed by atoms with Gasteiger partial charge in [-0.2, -0.15) is 0 Å². The van der Waals surface area contributed by atoms with E-state index in [0.717, 1.165) is 0 Å². The lowest BCUT2D eigenvalue weighted by molar-refractivity contribution is 0.0696. The molecule has 0 bridgehead atoms. The van der Waals surface area contributed by atoms with E-state index in [4.69, 9.17) is 0 Å². The topological polar surface area (TPSA) is 71.4 Å². The normalized spacial score (nSPS) is 10.9. The fraction of sp³-hybridized carbons (Fsp3) is 0.125. The molecule has 0 saturated carbocycles. The van der Waals surface area contributed by atoms with Gasteiger partial charge in [0, 0.05) is 24.0 Å². The first-order valence-electron chi connectivity index (χ1n) is 9.45. The van der Waals surface area contributed by atoms with Crippen molar-refractivity contribution in [2.75, 3.05) is 0 Å². The minimum atomic E-state index is -1.13. The maximum atomic E-state index is 13.5. The van der Waals surface area contributed by atoms with E-state index in [2.05, 4.69) is 31.9 Å². The van der Waals surface area contributed by atoms with Crippen LogP contribution in [0.3, 0.4) is 0 Å². The number of ketones is 2. The van der Waals surface area contributed by atoms with Crippen LogP contribution >= 0.6 is 31.9 Å². The molecule has 0 amide bonds. The number of carbonyl (C=O) groups excluding carboxylic acids is 2. The zero-order valence-corrected chi connectivity index (χ0v) is 19.6. The first kappa shape index (κ1) is 23.9. The van der Waals surface area contributed by atoms with Gasteiger partial charge in [0.15, 0.2) is 11.6 Å². The van der Waals surface area contributed by atoms with Crippen LogP contribution in [-0.4, -0.2) is 22.6 Å². The second-order valence-corrected chi connectivity index (χ2v) is 8.85. The number of carboxylic acid groups (broad SMARTS) is 1. The average Bonchev–Trinajstić information content (AvgIpc) is 2.76. The summed E-state index contributed by atoms with van der Waals surface area (Å²) in [5.41, 5.74) is 1.06. The van der Waals surface area contributed by atoms with Gasteiger partial charge in [-0.15, -0.1) is 0 Å². The molecular formula is C24H16Br2F2O4. The summed E-state index contributed by atoms with van der Waals surface area (Å²) in [6.07, 6.45) is -0.204. The van der Waals surface area contributed by atoms with Crippen LogP contribution in [0, 0.1) is 11.6 Å². The summed E-state index contributed by atoms with van der Waals surface area (Å²) >= 11 is 6.11. The fourth-order valence-corrected chi connectivity index (χ4v) is 4.01. The van der Waals surface area contributed by atoms with E-state index in [1.54, 1.807) is 12.1 Å². The van der Waals surface area contributed by atoms with Crippen molar-refractivity contribution in [2.24, 2.45) is 0 Å². The molecule has 0 radical (unpaired) electrons. The zero-order chi connectivity index (χ0) is 23.4. The first-order chi connectivity index (χ1) is 15.2. The van der Waals surface area contributed by atoms with E-state index in [1.165, 1.54) is 48.5 Å². The Hall–Kier alpha value is -2.71. The predicted octanol–water partition coefficient (Wildman–Crippen LogP) is 6.82. The molecule has 0 aliphatic rings. The van der Waals surface area contributed by atoms with Gasteiger partial charge in [-0.1, -0.05) is 12.1 Å². The van der Waals surface area contributed by atoms with Gasteiger partial charge in [0.1, 0.15) is 11.6 Å². The largest absolute Gasteiger partial charge is 0.478 e. The number of rotatable bonds is 8. The summed E-state index contributed by atoms with van der Waals surface area (Å²) in [6.45, 7) is 0. The molecule has 0 aliphatic heterocycles. The monoisotopic (exact) mass is 564 g/mol. The molecular weight excluding hydrogens is 550 g/mol. The maximum Gasteiger partial charge on any atom is 0.335 e. The highest BCUT2D eigenvalue weighted by molar-refractivity contribution is 9.10. The predicted molar refractivity (Wildman–Crippen MR) is 122 cm³/mol. The van der Waals surface area contributed by atoms with Crippen LogP contribution in [0.1, 0.15) is 55.4 Å². The standard InChI is InChI=1S/C24H16Br2F2O4/c25-18-9-14(4-6-20(18)27)22(29)11-17(13-2-1-3-16(8-13)24(31)32)12-23(30)15-5-7-21(28)19(26)10-15/h1-10,17H,11-12H2,(H,31,32). The molecule has 4 nitrogen and oxygen atoms in total. The summed E-state index contributed by atoms with van der Waals surface area (Å²) in [6, 6.07) is 13.8. The van der Waals surface area contributed by atoms with Crippen LogP contribution in [0.5, 0.6) is 0 Å². The highest BCUT2D eigenvalue weighted by atomic mass is 79.9. The zero-order valence-electron chi connectivity index (χ0n) is 16.4. The van der Waals surface area contributed by atoms with Crippen molar-refractivity contribution in [3.05, 3.63) is 103 Å². The number of halogens is 4. The number of hydrogen-bond acceptors (Lipinski definition) is 3. The van der Waals surface area contributed by atoms with Crippen LogP contribution in [0.15, 0.2) is 69.6 Å². The van der Waals surface area contributed by atoms with Crippen molar-refractivity contribution in [2.45, 2.75) is 18.8 Å². The third-order valence-corrected chi connectivity index (χ3v) is 6.17. The SMILES string of the molecule is O=C(O)c1cccc(C(CC(=O)c2ccc(F)c(Br)c2)CC(=O)c2ccc(F)c(Br)c2)c1. The van der Waals surface area contributed by atoms with Crippen LogP contribution < -0.4 is 0 Å². The average molecular weight is 566 g/mol. The van der Waals surface area contributed by atoms with Gasteiger partial charge in [-0.05, 0) is 91.9 Å². The Balaban J connectivity index is 1.93. The Morgan fingerprint density at radius 2 is 1.25 bits per heavy atom. The van der Waals surface area contributed by atoms with E-state index >= 15 is 0 Å². The number of carboxylic acids is 1. The highest BCUT2D eigenvalue weighted by Gasteiger charge is 2.23. The fourth-order valence-electron chi connectivity index (χ4n) is 3.26. The number of aromatic carboxylic acids is 1. The van der Waals surface area contributed by atoms with Crippen molar-refractivity contribution < 1.29 is 28.3 Å². The first-order valence-corrected chi connectivity index (χ1v) is 11.0. The van der Waals surface area contributed by atoms with E-state index in [9.17, 15) is 28.3 Å². The Labute approximate surface area is 199 Å². The highest BCUT2D eigenvalue weighted by Crippen LogP contribution is 2.30. The summed E-state index contributed by atoms with van der Waals surface area (Å²) in [4.78, 5) is 37.2. The van der Waals surface area contributed by atoms with Crippen molar-refractivity contribution in [1.82, 2.24) is 0 Å². The molecule has 0 spiro atoms. The van der Waals surface area contributed by atoms with Gasteiger partial charge >= 0.3 is 5.97 Å². The van der Waals surface area contributed by atoms with Crippen LogP contribution in [0.4, 0.5) is 8.78 Å². The van der Waals surface area contributed by atoms with Crippen molar-refractivity contribution in [3.8, 4) is 0 Å². The minimum absolute atomic E-state index is 0.0291. The molecule has 3 aromatic carbocycles. The number of hydrogen-bond donors (Lipinski definition) is 1. The van der Waals surface area contributed by atoms with E-state index in [-0.39, 0.29) is 50.0 Å². The van der Waals surface area contributed by atoms with Crippen molar-refractivity contribution in [1.29, 1.82) is 0 Å². The van der Waals surface area contributed by atoms with E-state index < -0.39 is 23.5 Å². The smallest absolute Gasteiger partial charge is 0.335 e. The van der Waals surface area contributed by atoms with Crippen LogP contribution in [0.25, 0.3) is 0 Å². The maximum absolute atomic E-state index is 13.5. The second kappa shape index (κ2) is 10.3. The molecule has 0 atom stereocenters. The lowest BCUT2D eigenvalue weighted by Gasteiger charge is -2.17. The number of benzene rings is 3. The summed E-state index contributed by atoms with van der Waals surface area (Å²) in [5.74, 6) is -3.45. The van der Waals surface area contributed by atoms with Crippen LogP contribution in [-0.2, 0) is 0 Å². The molecule has 1 N–H and O–H groups in total. The summed E-state index contributed by atoms with van der Waals surface area (Å²) in [5, 5.41) is 9.31. The third kappa shape index (κ3) is 5.75. The van der Waals surface area contributed by atoms with E-state index in [1.807, 2.05) is 0 Å². The lowest BCUT2D eigenvalue weighted by Crippen LogP contribution is -2.14. The molecule has 0 saturated heterocycles. The molecule has 0 fully saturated rings. The molecule has 3 aromatic rings. The Bertz CT molecular complexity index is 1140. The minimum Gasteiger partial charge on any atom is -0.478 e. The number of Topliss-reactive ketones (excluding diaryl/α,β-unsaturated/α-hetero) is 2. The molecule has 164 valence electrons. The molecule has 32 heavy (non-hydrogen) atoms. The van der Waals surface area contributed by atoms with Crippen LogP contribution in [0.2, 0.25) is 0 Å². The molecule has 0 unspecified atom stereocenters.